The van der Waals surface area contributed by atoms with E-state index in [9.17, 15) is 13.2 Å². The monoisotopic (exact) mass is 472 g/mol. The van der Waals surface area contributed by atoms with Crippen LogP contribution in [0, 0.1) is 6.92 Å². The minimum Gasteiger partial charge on any atom is -0.348 e. The molecule has 1 aliphatic rings. The third-order valence-electron chi connectivity index (χ3n) is 5.65. The molecule has 1 saturated heterocycles. The smallest absolute Gasteiger partial charge is 0.251 e. The molecule has 1 heterocycles. The van der Waals surface area contributed by atoms with Crippen molar-refractivity contribution in [1.29, 1.82) is 0 Å². The predicted octanol–water partition coefficient (Wildman–Crippen LogP) is 2.75. The first kappa shape index (κ1) is 25.4. The highest BCUT2D eigenvalue weighted by Crippen LogP contribution is 2.18. The van der Waals surface area contributed by atoms with Gasteiger partial charge in [0.05, 0.1) is 4.90 Å². The summed E-state index contributed by atoms with van der Waals surface area (Å²) in [4.78, 5) is 17.8. The number of piperazine rings is 1. The number of nitrogens with zero attached hydrogens (tertiary/aromatic N) is 2. The number of nitrogens with one attached hydrogen (secondary N) is 2. The first-order chi connectivity index (χ1) is 15.4. The van der Waals surface area contributed by atoms with Gasteiger partial charge in [-0.1, -0.05) is 30.3 Å². The number of aryl methyl sites for hydroxylation is 1. The fourth-order valence-electron chi connectivity index (χ4n) is 3.85. The quantitative estimate of drug-likeness (QED) is 0.648. The molecule has 7 nitrogen and oxygen atoms in total. The maximum atomic E-state index is 12.9. The molecule has 2 aromatic rings. The largest absolute Gasteiger partial charge is 0.348 e. The van der Waals surface area contributed by atoms with Gasteiger partial charge in [0.1, 0.15) is 0 Å². The van der Waals surface area contributed by atoms with Gasteiger partial charge in [-0.3, -0.25) is 9.69 Å². The number of hydrogen-bond acceptors (Lipinski definition) is 5. The van der Waals surface area contributed by atoms with Gasteiger partial charge in [-0.05, 0) is 63.6 Å². The van der Waals surface area contributed by atoms with E-state index in [1.54, 1.807) is 33.8 Å². The van der Waals surface area contributed by atoms with Gasteiger partial charge in [-0.2, -0.15) is 0 Å². The van der Waals surface area contributed by atoms with Gasteiger partial charge < -0.3 is 10.2 Å². The van der Waals surface area contributed by atoms with Gasteiger partial charge >= 0.3 is 0 Å². The minimum absolute atomic E-state index is 0.0855. The molecule has 3 rings (SSSR count). The number of benzene rings is 2. The molecule has 0 bridgehead atoms. The summed E-state index contributed by atoms with van der Waals surface area (Å²) in [6, 6.07) is 12.9. The van der Waals surface area contributed by atoms with Gasteiger partial charge in [-0.15, -0.1) is 0 Å². The van der Waals surface area contributed by atoms with Crippen LogP contribution in [0.25, 0.3) is 0 Å². The highest BCUT2D eigenvalue weighted by molar-refractivity contribution is 7.89. The van der Waals surface area contributed by atoms with Crippen LogP contribution >= 0.6 is 0 Å². The summed E-state index contributed by atoms with van der Waals surface area (Å²) in [6.07, 6.45) is 0. The maximum absolute atomic E-state index is 12.9. The second-order valence-corrected chi connectivity index (χ2v) is 11.6. The number of hydrogen-bond donors (Lipinski definition) is 2. The molecular formula is C25H36N4O3S. The molecule has 0 radical (unpaired) electrons. The van der Waals surface area contributed by atoms with Gasteiger partial charge in [-0.25, -0.2) is 13.1 Å². The first-order valence-electron chi connectivity index (χ1n) is 11.3. The summed E-state index contributed by atoms with van der Waals surface area (Å²) in [5.41, 5.74) is 2.72. The second kappa shape index (κ2) is 10.3. The Morgan fingerprint density at radius 3 is 2.33 bits per heavy atom. The SMILES string of the molecule is Cc1ccc(S(=O)(=O)NC(C)(C)C)cc1C(=O)NCc1cccc(CN2CCN(C)CC2)c1. The molecule has 1 fully saturated rings. The third-order valence-corrected chi connectivity index (χ3v) is 7.41. The van der Waals surface area contributed by atoms with E-state index in [-0.39, 0.29) is 10.8 Å². The molecule has 0 unspecified atom stereocenters. The average Bonchev–Trinajstić information content (AvgIpc) is 2.72. The molecule has 33 heavy (non-hydrogen) atoms. The normalized spacial score (nSPS) is 16.0. The minimum atomic E-state index is -3.72. The summed E-state index contributed by atoms with van der Waals surface area (Å²) in [5, 5.41) is 2.95. The second-order valence-electron chi connectivity index (χ2n) is 9.91. The van der Waals surface area contributed by atoms with E-state index in [4.69, 9.17) is 0 Å². The molecular weight excluding hydrogens is 436 g/mol. The molecule has 0 aromatic heterocycles. The van der Waals surface area contributed by atoms with Crippen LogP contribution < -0.4 is 10.0 Å². The molecule has 2 aromatic carbocycles. The number of sulfonamides is 1. The van der Waals surface area contributed by atoms with E-state index in [2.05, 4.69) is 39.0 Å². The summed E-state index contributed by atoms with van der Waals surface area (Å²) >= 11 is 0. The molecule has 8 heteroatoms. The summed E-state index contributed by atoms with van der Waals surface area (Å²) in [5.74, 6) is -0.287. The molecule has 0 atom stereocenters. The van der Waals surface area contributed by atoms with Crippen LogP contribution in [-0.2, 0) is 23.1 Å². The number of carbonyl (C=O) groups excluding carboxylic acids is 1. The fourth-order valence-corrected chi connectivity index (χ4v) is 5.30. The average molecular weight is 473 g/mol. The Kier molecular flexibility index (Phi) is 7.95. The van der Waals surface area contributed by atoms with Crippen molar-refractivity contribution in [3.05, 3.63) is 64.7 Å². The van der Waals surface area contributed by atoms with Crippen LogP contribution in [0.4, 0.5) is 0 Å². The molecule has 1 amide bonds. The Hall–Kier alpha value is -2.26. The zero-order valence-electron chi connectivity index (χ0n) is 20.3. The number of amides is 1. The van der Waals surface area contributed by atoms with Gasteiger partial charge in [0.25, 0.3) is 5.91 Å². The Morgan fingerprint density at radius 1 is 1.00 bits per heavy atom. The lowest BCUT2D eigenvalue weighted by Crippen LogP contribution is -2.43. The number of rotatable bonds is 7. The molecule has 0 aliphatic carbocycles. The zero-order valence-corrected chi connectivity index (χ0v) is 21.1. The Labute approximate surface area is 198 Å². The molecule has 0 spiro atoms. The van der Waals surface area contributed by atoms with Crippen molar-refractivity contribution >= 4 is 15.9 Å². The van der Waals surface area contributed by atoms with Crippen LogP contribution in [0.5, 0.6) is 0 Å². The van der Waals surface area contributed by atoms with Crippen molar-refractivity contribution in [2.75, 3.05) is 33.2 Å². The summed E-state index contributed by atoms with van der Waals surface area (Å²) in [7, 11) is -1.57. The standard InChI is InChI=1S/C25H36N4O3S/c1-19-9-10-22(33(31,32)27-25(2,3)4)16-23(19)24(30)26-17-20-7-6-8-21(15-20)18-29-13-11-28(5)12-14-29/h6-10,15-16,27H,11-14,17-18H2,1-5H3,(H,26,30). The van der Waals surface area contributed by atoms with Crippen molar-refractivity contribution < 1.29 is 13.2 Å². The van der Waals surface area contributed by atoms with Crippen molar-refractivity contribution in [2.45, 2.75) is 51.2 Å². The van der Waals surface area contributed by atoms with Crippen LogP contribution in [0.1, 0.15) is 47.8 Å². The van der Waals surface area contributed by atoms with E-state index < -0.39 is 15.6 Å². The molecule has 2 N–H and O–H groups in total. The highest BCUT2D eigenvalue weighted by atomic mass is 32.2. The van der Waals surface area contributed by atoms with E-state index in [0.717, 1.165) is 43.9 Å². The Morgan fingerprint density at radius 2 is 1.67 bits per heavy atom. The lowest BCUT2D eigenvalue weighted by Gasteiger charge is -2.32. The van der Waals surface area contributed by atoms with Crippen molar-refractivity contribution in [3.63, 3.8) is 0 Å². The van der Waals surface area contributed by atoms with Gasteiger partial charge in [0.2, 0.25) is 10.0 Å². The zero-order chi connectivity index (χ0) is 24.2. The lowest BCUT2D eigenvalue weighted by molar-refractivity contribution is 0.0950. The van der Waals surface area contributed by atoms with Crippen LogP contribution in [-0.4, -0.2) is 62.9 Å². The molecule has 1 aliphatic heterocycles. The molecule has 180 valence electrons. The van der Waals surface area contributed by atoms with Gasteiger partial charge in [0.15, 0.2) is 0 Å². The molecule has 0 saturated carbocycles. The highest BCUT2D eigenvalue weighted by Gasteiger charge is 2.23. The van der Waals surface area contributed by atoms with E-state index in [1.165, 1.54) is 17.7 Å². The maximum Gasteiger partial charge on any atom is 0.251 e. The number of likely N-dealkylation sites (N-methyl/N-ethyl adjacent to an activating group) is 1. The Bertz CT molecular complexity index is 1090. The fraction of sp³-hybridized carbons (Fsp3) is 0.480. The van der Waals surface area contributed by atoms with Crippen molar-refractivity contribution in [2.24, 2.45) is 0 Å². The van der Waals surface area contributed by atoms with E-state index in [1.807, 2.05) is 12.1 Å². The Balaban J connectivity index is 1.66. The van der Waals surface area contributed by atoms with Crippen LogP contribution in [0.3, 0.4) is 0 Å². The topological polar surface area (TPSA) is 81.7 Å². The first-order valence-corrected chi connectivity index (χ1v) is 12.8. The van der Waals surface area contributed by atoms with Crippen LogP contribution in [0.2, 0.25) is 0 Å². The third kappa shape index (κ3) is 7.37. The predicted molar refractivity (Wildman–Crippen MR) is 132 cm³/mol. The number of carbonyl (C=O) groups is 1. The summed E-state index contributed by atoms with van der Waals surface area (Å²) in [6.45, 7) is 12.7. The van der Waals surface area contributed by atoms with Crippen molar-refractivity contribution in [3.8, 4) is 0 Å². The van der Waals surface area contributed by atoms with Crippen LogP contribution in [0.15, 0.2) is 47.4 Å². The lowest BCUT2D eigenvalue weighted by atomic mass is 10.1. The van der Waals surface area contributed by atoms with Crippen molar-refractivity contribution in [1.82, 2.24) is 19.8 Å². The van der Waals surface area contributed by atoms with E-state index in [0.29, 0.717) is 12.1 Å². The summed E-state index contributed by atoms with van der Waals surface area (Å²) < 4.78 is 28.0. The van der Waals surface area contributed by atoms with Gasteiger partial charge in [0, 0.05) is 50.4 Å². The van der Waals surface area contributed by atoms with E-state index >= 15 is 0 Å².